The Bertz CT molecular complexity index is 926. The van der Waals surface area contributed by atoms with Crippen LogP contribution in [0.4, 0.5) is 23.7 Å². The Hall–Kier alpha value is -2.40. The molecule has 0 spiro atoms. The normalized spacial score (nSPS) is 16.2. The van der Waals surface area contributed by atoms with Gasteiger partial charge in [-0.25, -0.2) is 4.79 Å². The highest BCUT2D eigenvalue weighted by atomic mass is 32.2. The molecule has 1 aliphatic heterocycles. The summed E-state index contributed by atoms with van der Waals surface area (Å²) in [7, 11) is 4.59. The molecule has 0 aliphatic carbocycles. The number of anilines is 1. The highest BCUT2D eigenvalue weighted by Gasteiger charge is 2.34. The fourth-order valence-corrected chi connectivity index (χ4v) is 4.93. The summed E-state index contributed by atoms with van der Waals surface area (Å²) in [5, 5.41) is 2.42. The van der Waals surface area contributed by atoms with Gasteiger partial charge in [0.2, 0.25) is 0 Å². The van der Waals surface area contributed by atoms with Gasteiger partial charge in [-0.15, -0.1) is 11.8 Å². The van der Waals surface area contributed by atoms with Gasteiger partial charge in [-0.05, 0) is 42.1 Å². The van der Waals surface area contributed by atoms with Crippen LogP contribution in [-0.4, -0.2) is 50.1 Å². The van der Waals surface area contributed by atoms with Crippen molar-refractivity contribution in [2.24, 2.45) is 0 Å². The molecule has 1 atom stereocenters. The molecule has 1 heterocycles. The van der Waals surface area contributed by atoms with Crippen LogP contribution in [0.15, 0.2) is 41.3 Å². The van der Waals surface area contributed by atoms with E-state index in [1.165, 1.54) is 45.6 Å². The summed E-state index contributed by atoms with van der Waals surface area (Å²) in [4.78, 5) is 14.6. The number of methoxy groups -OCH3 is 3. The minimum absolute atomic E-state index is 0.0511. The average Bonchev–Trinajstić information content (AvgIpc) is 3.23. The van der Waals surface area contributed by atoms with Gasteiger partial charge >= 0.3 is 11.5 Å². The maximum Gasteiger partial charge on any atom is 0.446 e. The maximum absolute atomic E-state index is 12.9. The first-order valence-corrected chi connectivity index (χ1v) is 11.0. The molecule has 1 fully saturated rings. The van der Waals surface area contributed by atoms with Gasteiger partial charge in [-0.2, -0.15) is 13.2 Å². The van der Waals surface area contributed by atoms with E-state index in [0.29, 0.717) is 29.5 Å². The SMILES string of the molecule is COc1cc(OC)c(C2SCCN2C(=O)Nc2ccc(SC(F)(F)F)cc2)cc1OC. The number of nitrogens with zero attached hydrogens (tertiary/aromatic N) is 1. The summed E-state index contributed by atoms with van der Waals surface area (Å²) in [6.07, 6.45) is 0. The fraction of sp³-hybridized carbons (Fsp3) is 0.350. The van der Waals surface area contributed by atoms with E-state index < -0.39 is 5.51 Å². The van der Waals surface area contributed by atoms with E-state index >= 15 is 0 Å². The second-order valence-electron chi connectivity index (χ2n) is 6.37. The molecule has 31 heavy (non-hydrogen) atoms. The number of benzene rings is 2. The number of nitrogens with one attached hydrogen (secondary N) is 1. The van der Waals surface area contributed by atoms with Gasteiger partial charge in [0, 0.05) is 34.5 Å². The topological polar surface area (TPSA) is 60.0 Å². The molecule has 0 bridgehead atoms. The highest BCUT2D eigenvalue weighted by Crippen LogP contribution is 2.46. The second-order valence-corrected chi connectivity index (χ2v) is 8.69. The first-order chi connectivity index (χ1) is 14.8. The van der Waals surface area contributed by atoms with Crippen molar-refractivity contribution in [1.29, 1.82) is 0 Å². The lowest BCUT2D eigenvalue weighted by atomic mass is 10.1. The molecule has 0 radical (unpaired) electrons. The monoisotopic (exact) mass is 474 g/mol. The lowest BCUT2D eigenvalue weighted by Gasteiger charge is -2.26. The molecule has 1 unspecified atom stereocenters. The summed E-state index contributed by atoms with van der Waals surface area (Å²) in [6, 6.07) is 8.66. The summed E-state index contributed by atoms with van der Waals surface area (Å²) in [6.45, 7) is 0.501. The van der Waals surface area contributed by atoms with Gasteiger partial charge in [0.25, 0.3) is 0 Å². The zero-order valence-corrected chi connectivity index (χ0v) is 18.6. The van der Waals surface area contributed by atoms with Gasteiger partial charge in [-0.1, -0.05) is 0 Å². The van der Waals surface area contributed by atoms with Gasteiger partial charge in [0.15, 0.2) is 11.5 Å². The Labute approximate surface area is 186 Å². The van der Waals surface area contributed by atoms with E-state index in [4.69, 9.17) is 14.2 Å². The van der Waals surface area contributed by atoms with Crippen molar-refractivity contribution < 1.29 is 32.2 Å². The Kier molecular flexibility index (Phi) is 7.37. The summed E-state index contributed by atoms with van der Waals surface area (Å²) >= 11 is 1.37. The molecule has 2 aromatic rings. The van der Waals surface area contributed by atoms with Gasteiger partial charge in [0.1, 0.15) is 11.1 Å². The van der Waals surface area contributed by atoms with Crippen molar-refractivity contribution in [3.8, 4) is 17.2 Å². The number of carbonyl (C=O) groups is 1. The maximum atomic E-state index is 12.9. The number of halogens is 3. The minimum Gasteiger partial charge on any atom is -0.496 e. The van der Waals surface area contributed by atoms with Gasteiger partial charge < -0.3 is 24.4 Å². The summed E-state index contributed by atoms with van der Waals surface area (Å²) in [5.74, 6) is 2.31. The number of ether oxygens (including phenoxy) is 3. The predicted molar refractivity (Wildman–Crippen MR) is 115 cm³/mol. The van der Waals surface area contributed by atoms with E-state index in [1.807, 2.05) is 0 Å². The zero-order valence-electron chi connectivity index (χ0n) is 17.0. The smallest absolute Gasteiger partial charge is 0.446 e. The van der Waals surface area contributed by atoms with Crippen LogP contribution in [0.5, 0.6) is 17.2 Å². The Morgan fingerprint density at radius 1 is 1.06 bits per heavy atom. The van der Waals surface area contributed by atoms with Crippen LogP contribution < -0.4 is 19.5 Å². The molecule has 6 nitrogen and oxygen atoms in total. The van der Waals surface area contributed by atoms with E-state index in [-0.39, 0.29) is 28.1 Å². The summed E-state index contributed by atoms with van der Waals surface area (Å²) in [5.41, 5.74) is -3.19. The molecule has 11 heteroatoms. The number of rotatable bonds is 6. The number of hydrogen-bond acceptors (Lipinski definition) is 6. The van der Waals surface area contributed by atoms with Crippen molar-refractivity contribution in [2.45, 2.75) is 15.8 Å². The number of carbonyl (C=O) groups excluding carboxylic acids is 1. The quantitative estimate of drug-likeness (QED) is 0.550. The Morgan fingerprint density at radius 3 is 2.26 bits per heavy atom. The van der Waals surface area contributed by atoms with Crippen LogP contribution in [0, 0.1) is 0 Å². The molecule has 2 amide bonds. The fourth-order valence-electron chi connectivity index (χ4n) is 3.12. The minimum atomic E-state index is -4.36. The number of thioether (sulfide) groups is 2. The number of urea groups is 1. The molecule has 1 saturated heterocycles. The van der Waals surface area contributed by atoms with Crippen LogP contribution in [0.25, 0.3) is 0 Å². The largest absolute Gasteiger partial charge is 0.496 e. The molecule has 1 aliphatic rings. The van der Waals surface area contributed by atoms with Crippen LogP contribution in [0.1, 0.15) is 10.9 Å². The van der Waals surface area contributed by atoms with Crippen molar-refractivity contribution in [3.05, 3.63) is 42.0 Å². The first-order valence-electron chi connectivity index (χ1n) is 9.10. The molecular weight excluding hydrogens is 453 g/mol. The zero-order chi connectivity index (χ0) is 22.6. The Balaban J connectivity index is 1.78. The van der Waals surface area contributed by atoms with Crippen molar-refractivity contribution in [1.82, 2.24) is 4.90 Å². The van der Waals surface area contributed by atoms with Gasteiger partial charge in [0.05, 0.1) is 21.3 Å². The van der Waals surface area contributed by atoms with Crippen LogP contribution in [0.2, 0.25) is 0 Å². The molecule has 0 aromatic heterocycles. The van der Waals surface area contributed by atoms with Crippen molar-refractivity contribution >= 4 is 35.2 Å². The van der Waals surface area contributed by atoms with Crippen LogP contribution in [0.3, 0.4) is 0 Å². The lowest BCUT2D eigenvalue weighted by Crippen LogP contribution is -2.34. The molecule has 168 valence electrons. The van der Waals surface area contributed by atoms with E-state index in [2.05, 4.69) is 5.32 Å². The molecular formula is C20H21F3N2O4S2. The third kappa shape index (κ3) is 5.65. The first kappa shape index (κ1) is 23.3. The second kappa shape index (κ2) is 9.82. The van der Waals surface area contributed by atoms with E-state index in [1.54, 1.807) is 28.8 Å². The van der Waals surface area contributed by atoms with E-state index in [9.17, 15) is 18.0 Å². The standard InChI is InChI=1S/C20H21F3N2O4S2/c1-27-15-11-17(29-3)16(28-2)10-14(15)18-25(8-9-30-18)19(26)24-12-4-6-13(7-5-12)31-20(21,22)23/h4-7,10-11,18H,8-9H2,1-3H3,(H,24,26). The molecule has 0 saturated carbocycles. The summed E-state index contributed by atoms with van der Waals surface area (Å²) < 4.78 is 53.6. The third-order valence-electron chi connectivity index (χ3n) is 4.49. The highest BCUT2D eigenvalue weighted by molar-refractivity contribution is 8.00. The predicted octanol–water partition coefficient (Wildman–Crippen LogP) is 5.60. The molecule has 3 rings (SSSR count). The number of alkyl halides is 3. The van der Waals surface area contributed by atoms with Crippen LogP contribution in [-0.2, 0) is 0 Å². The van der Waals surface area contributed by atoms with Gasteiger partial charge in [-0.3, -0.25) is 0 Å². The van der Waals surface area contributed by atoms with Crippen molar-refractivity contribution in [2.75, 3.05) is 38.9 Å². The number of amides is 2. The van der Waals surface area contributed by atoms with Crippen LogP contribution >= 0.6 is 23.5 Å². The molecule has 1 N–H and O–H groups in total. The molecule has 2 aromatic carbocycles. The van der Waals surface area contributed by atoms with E-state index in [0.717, 1.165) is 11.3 Å². The number of hydrogen-bond donors (Lipinski definition) is 1. The average molecular weight is 475 g/mol. The van der Waals surface area contributed by atoms with Crippen molar-refractivity contribution in [3.63, 3.8) is 0 Å². The lowest BCUT2D eigenvalue weighted by molar-refractivity contribution is -0.0328. The Morgan fingerprint density at radius 2 is 1.68 bits per heavy atom. The third-order valence-corrected chi connectivity index (χ3v) is 6.47.